The second-order valence-corrected chi connectivity index (χ2v) is 4.53. The van der Waals surface area contributed by atoms with Crippen molar-refractivity contribution < 1.29 is 9.18 Å². The van der Waals surface area contributed by atoms with Gasteiger partial charge in [-0.05, 0) is 49.8 Å². The Balaban J connectivity index is 2.42. The predicted molar refractivity (Wildman–Crippen MR) is 78.5 cm³/mol. The SMILES string of the molecule is CCCNC(=O)[C@H](C)NC(=S)Nc1ccc(F)cc1. The minimum absolute atomic E-state index is 0.106. The van der Waals surface area contributed by atoms with Gasteiger partial charge in [-0.1, -0.05) is 6.92 Å². The van der Waals surface area contributed by atoms with Crippen LogP contribution in [0, 0.1) is 5.82 Å². The molecule has 4 nitrogen and oxygen atoms in total. The number of thiocarbonyl (C=S) groups is 1. The molecule has 0 aliphatic carbocycles. The Morgan fingerprint density at radius 3 is 2.58 bits per heavy atom. The molecule has 1 aromatic rings. The lowest BCUT2D eigenvalue weighted by atomic mass is 10.3. The minimum atomic E-state index is -0.424. The van der Waals surface area contributed by atoms with Gasteiger partial charge in [-0.3, -0.25) is 4.79 Å². The van der Waals surface area contributed by atoms with E-state index < -0.39 is 6.04 Å². The maximum atomic E-state index is 12.7. The van der Waals surface area contributed by atoms with Crippen molar-refractivity contribution >= 4 is 28.9 Å². The number of anilines is 1. The molecule has 1 rings (SSSR count). The van der Waals surface area contributed by atoms with Crippen LogP contribution in [0.5, 0.6) is 0 Å². The first kappa shape index (κ1) is 15.4. The van der Waals surface area contributed by atoms with Crippen molar-refractivity contribution in [1.82, 2.24) is 10.6 Å². The normalized spacial score (nSPS) is 11.5. The number of hydrogen-bond acceptors (Lipinski definition) is 2. The number of amides is 1. The molecule has 19 heavy (non-hydrogen) atoms. The number of benzene rings is 1. The van der Waals surface area contributed by atoms with E-state index in [1.165, 1.54) is 12.1 Å². The molecule has 0 saturated carbocycles. The van der Waals surface area contributed by atoms with E-state index in [2.05, 4.69) is 16.0 Å². The largest absolute Gasteiger partial charge is 0.354 e. The van der Waals surface area contributed by atoms with Crippen LogP contribution in [-0.4, -0.2) is 23.6 Å². The second-order valence-electron chi connectivity index (χ2n) is 4.12. The van der Waals surface area contributed by atoms with E-state index in [9.17, 15) is 9.18 Å². The molecule has 3 N–H and O–H groups in total. The van der Waals surface area contributed by atoms with Gasteiger partial charge in [-0.2, -0.15) is 0 Å². The van der Waals surface area contributed by atoms with Gasteiger partial charge in [0.05, 0.1) is 0 Å². The zero-order chi connectivity index (χ0) is 14.3. The average molecular weight is 283 g/mol. The highest BCUT2D eigenvalue weighted by molar-refractivity contribution is 7.80. The standard InChI is InChI=1S/C13H18FN3OS/c1-3-8-15-12(18)9(2)16-13(19)17-11-6-4-10(14)5-7-11/h4-7,9H,3,8H2,1-2H3,(H,15,18)(H2,16,17,19)/t9-/m0/s1. The van der Waals surface area contributed by atoms with E-state index in [0.29, 0.717) is 17.3 Å². The molecule has 0 bridgehead atoms. The smallest absolute Gasteiger partial charge is 0.242 e. The lowest BCUT2D eigenvalue weighted by Gasteiger charge is -2.16. The van der Waals surface area contributed by atoms with Crippen LogP contribution in [0.15, 0.2) is 24.3 Å². The molecule has 1 atom stereocenters. The molecule has 0 spiro atoms. The van der Waals surface area contributed by atoms with Crippen LogP contribution < -0.4 is 16.0 Å². The Morgan fingerprint density at radius 1 is 1.37 bits per heavy atom. The Bertz CT molecular complexity index is 436. The Kier molecular flexibility index (Phi) is 6.21. The van der Waals surface area contributed by atoms with Gasteiger partial charge in [0, 0.05) is 12.2 Å². The lowest BCUT2D eigenvalue weighted by molar-refractivity contribution is -0.122. The Morgan fingerprint density at radius 2 is 2.00 bits per heavy atom. The molecule has 0 aromatic heterocycles. The summed E-state index contributed by atoms with van der Waals surface area (Å²) < 4.78 is 12.7. The van der Waals surface area contributed by atoms with Crippen molar-refractivity contribution in [3.8, 4) is 0 Å². The molecule has 6 heteroatoms. The summed E-state index contributed by atoms with van der Waals surface area (Å²) in [5, 5.41) is 8.85. The monoisotopic (exact) mass is 283 g/mol. The van der Waals surface area contributed by atoms with Gasteiger partial charge >= 0.3 is 0 Å². The third kappa shape index (κ3) is 5.65. The van der Waals surface area contributed by atoms with Crippen molar-refractivity contribution in [1.29, 1.82) is 0 Å². The van der Waals surface area contributed by atoms with Gasteiger partial charge < -0.3 is 16.0 Å². The number of rotatable bonds is 5. The molecule has 0 heterocycles. The summed E-state index contributed by atoms with van der Waals surface area (Å²) in [6.07, 6.45) is 0.886. The summed E-state index contributed by atoms with van der Waals surface area (Å²) in [6.45, 7) is 4.35. The first-order chi connectivity index (χ1) is 9.02. The van der Waals surface area contributed by atoms with Crippen LogP contribution >= 0.6 is 12.2 Å². The van der Waals surface area contributed by atoms with Gasteiger partial charge in [0.1, 0.15) is 11.9 Å². The van der Waals surface area contributed by atoms with Crippen molar-refractivity contribution in [3.05, 3.63) is 30.1 Å². The lowest BCUT2D eigenvalue weighted by Crippen LogP contribution is -2.46. The molecular formula is C13H18FN3OS. The third-order valence-corrected chi connectivity index (χ3v) is 2.61. The maximum Gasteiger partial charge on any atom is 0.242 e. The van der Waals surface area contributed by atoms with Crippen LogP contribution in [0.4, 0.5) is 10.1 Å². The molecule has 0 fully saturated rings. The van der Waals surface area contributed by atoms with E-state index in [1.807, 2.05) is 6.92 Å². The topological polar surface area (TPSA) is 53.2 Å². The quantitative estimate of drug-likeness (QED) is 0.724. The molecule has 0 aliphatic rings. The minimum Gasteiger partial charge on any atom is -0.354 e. The predicted octanol–water partition coefficient (Wildman–Crippen LogP) is 2.03. The molecule has 0 radical (unpaired) electrons. The van der Waals surface area contributed by atoms with Crippen LogP contribution in [0.1, 0.15) is 20.3 Å². The van der Waals surface area contributed by atoms with Gasteiger partial charge in [0.15, 0.2) is 5.11 Å². The van der Waals surface area contributed by atoms with Gasteiger partial charge in [0.25, 0.3) is 0 Å². The molecule has 1 amide bonds. The summed E-state index contributed by atoms with van der Waals surface area (Å²) >= 11 is 5.08. The number of halogens is 1. The zero-order valence-corrected chi connectivity index (χ0v) is 11.8. The van der Waals surface area contributed by atoms with Crippen molar-refractivity contribution in [2.24, 2.45) is 0 Å². The number of carbonyl (C=O) groups is 1. The second kappa shape index (κ2) is 7.68. The van der Waals surface area contributed by atoms with Crippen LogP contribution in [-0.2, 0) is 4.79 Å². The first-order valence-electron chi connectivity index (χ1n) is 6.13. The van der Waals surface area contributed by atoms with Crippen LogP contribution in [0.3, 0.4) is 0 Å². The zero-order valence-electron chi connectivity index (χ0n) is 11.0. The summed E-state index contributed by atoms with van der Waals surface area (Å²) in [7, 11) is 0. The summed E-state index contributed by atoms with van der Waals surface area (Å²) in [6, 6.07) is 5.40. The number of hydrogen-bond donors (Lipinski definition) is 3. The average Bonchev–Trinajstić information content (AvgIpc) is 2.38. The highest BCUT2D eigenvalue weighted by Crippen LogP contribution is 2.07. The highest BCUT2D eigenvalue weighted by Gasteiger charge is 2.12. The van der Waals surface area contributed by atoms with Gasteiger partial charge in [-0.15, -0.1) is 0 Å². The fourth-order valence-corrected chi connectivity index (χ4v) is 1.66. The van der Waals surface area contributed by atoms with E-state index in [4.69, 9.17) is 12.2 Å². The van der Waals surface area contributed by atoms with Crippen LogP contribution in [0.25, 0.3) is 0 Å². The van der Waals surface area contributed by atoms with E-state index >= 15 is 0 Å². The summed E-state index contributed by atoms with van der Waals surface area (Å²) in [5.41, 5.74) is 0.667. The highest BCUT2D eigenvalue weighted by atomic mass is 32.1. The van der Waals surface area contributed by atoms with Crippen LogP contribution in [0.2, 0.25) is 0 Å². The number of carbonyl (C=O) groups excluding carboxylic acids is 1. The van der Waals surface area contributed by atoms with Crippen molar-refractivity contribution in [3.63, 3.8) is 0 Å². The van der Waals surface area contributed by atoms with E-state index in [-0.39, 0.29) is 11.7 Å². The summed E-state index contributed by atoms with van der Waals surface area (Å²) in [4.78, 5) is 11.6. The van der Waals surface area contributed by atoms with E-state index in [1.54, 1.807) is 19.1 Å². The maximum absolute atomic E-state index is 12.7. The molecule has 0 saturated heterocycles. The van der Waals surface area contributed by atoms with E-state index in [0.717, 1.165) is 6.42 Å². The number of nitrogens with one attached hydrogen (secondary N) is 3. The summed E-state index contributed by atoms with van der Waals surface area (Å²) in [5.74, 6) is -0.415. The van der Waals surface area contributed by atoms with Gasteiger partial charge in [-0.25, -0.2) is 4.39 Å². The molecule has 1 aromatic carbocycles. The molecule has 0 unspecified atom stereocenters. The first-order valence-corrected chi connectivity index (χ1v) is 6.54. The molecule has 0 aliphatic heterocycles. The third-order valence-electron chi connectivity index (χ3n) is 2.39. The molecule has 104 valence electrons. The Hall–Kier alpha value is -1.69. The van der Waals surface area contributed by atoms with Gasteiger partial charge in [0.2, 0.25) is 5.91 Å². The fourth-order valence-electron chi connectivity index (χ4n) is 1.36. The Labute approximate surface area is 117 Å². The molecular weight excluding hydrogens is 265 g/mol. The van der Waals surface area contributed by atoms with Crippen molar-refractivity contribution in [2.75, 3.05) is 11.9 Å². The fraction of sp³-hybridized carbons (Fsp3) is 0.385. The van der Waals surface area contributed by atoms with Crippen molar-refractivity contribution in [2.45, 2.75) is 26.3 Å².